The number of carbonyl (C=O) groups is 2. The van der Waals surface area contributed by atoms with E-state index in [0.717, 1.165) is 24.1 Å². The summed E-state index contributed by atoms with van der Waals surface area (Å²) in [5.41, 5.74) is 2.01. The molecule has 0 unspecified atom stereocenters. The van der Waals surface area contributed by atoms with E-state index in [0.29, 0.717) is 13.0 Å². The molecule has 1 aromatic rings. The highest BCUT2D eigenvalue weighted by Gasteiger charge is 2.27. The van der Waals surface area contributed by atoms with Gasteiger partial charge in [0.15, 0.2) is 0 Å². The number of carbonyl (C=O) groups excluding carboxylic acids is 1. The summed E-state index contributed by atoms with van der Waals surface area (Å²) in [6, 6.07) is 5.01. The molecule has 0 spiro atoms. The number of urea groups is 1. The molecule has 2 amide bonds. The molecule has 2 N–H and O–H groups in total. The standard InChI is InChI=1S/C15H16N2O3/c18-14(19)11-5-6-13-10(9-11)7-8-17(13)15(20)16-12-3-1-2-4-12/h1-2,5-6,9,12H,3-4,7-8H2,(H,16,20)(H,18,19). The Morgan fingerprint density at radius 1 is 1.25 bits per heavy atom. The fourth-order valence-electron chi connectivity index (χ4n) is 2.73. The monoisotopic (exact) mass is 272 g/mol. The SMILES string of the molecule is O=C(O)c1ccc2c(c1)CCN2C(=O)NC1CC=CC1. The van der Waals surface area contributed by atoms with Gasteiger partial charge in [-0.2, -0.15) is 0 Å². The van der Waals surface area contributed by atoms with Gasteiger partial charge in [-0.1, -0.05) is 12.2 Å². The summed E-state index contributed by atoms with van der Waals surface area (Å²) in [4.78, 5) is 24.9. The van der Waals surface area contributed by atoms with Crippen LogP contribution < -0.4 is 10.2 Å². The Balaban J connectivity index is 1.75. The minimum atomic E-state index is -0.937. The summed E-state index contributed by atoms with van der Waals surface area (Å²) in [5.74, 6) is -0.937. The summed E-state index contributed by atoms with van der Waals surface area (Å²) in [6.45, 7) is 0.602. The van der Waals surface area contributed by atoms with Crippen LogP contribution in [0.25, 0.3) is 0 Å². The second-order valence-electron chi connectivity index (χ2n) is 5.14. The maximum Gasteiger partial charge on any atom is 0.335 e. The van der Waals surface area contributed by atoms with Gasteiger partial charge in [0.05, 0.1) is 5.56 Å². The molecule has 104 valence electrons. The molecule has 3 rings (SSSR count). The molecule has 1 aliphatic carbocycles. The Morgan fingerprint density at radius 3 is 2.70 bits per heavy atom. The number of benzene rings is 1. The molecule has 0 saturated heterocycles. The van der Waals surface area contributed by atoms with E-state index in [4.69, 9.17) is 5.11 Å². The first-order valence-electron chi connectivity index (χ1n) is 6.74. The average Bonchev–Trinajstić information content (AvgIpc) is 3.06. The lowest BCUT2D eigenvalue weighted by molar-refractivity contribution is 0.0697. The highest BCUT2D eigenvalue weighted by molar-refractivity contribution is 5.96. The molecule has 5 heteroatoms. The number of aromatic carboxylic acids is 1. The van der Waals surface area contributed by atoms with Crippen LogP contribution in [0.2, 0.25) is 0 Å². The van der Waals surface area contributed by atoms with Gasteiger partial charge in [0.1, 0.15) is 0 Å². The second kappa shape index (κ2) is 5.00. The van der Waals surface area contributed by atoms with Crippen molar-refractivity contribution in [3.63, 3.8) is 0 Å². The maximum absolute atomic E-state index is 12.3. The number of carboxylic acid groups (broad SMARTS) is 1. The van der Waals surface area contributed by atoms with Crippen LogP contribution in [0.1, 0.15) is 28.8 Å². The smallest absolute Gasteiger partial charge is 0.335 e. The van der Waals surface area contributed by atoms with Crippen molar-refractivity contribution < 1.29 is 14.7 Å². The number of amides is 2. The van der Waals surface area contributed by atoms with E-state index < -0.39 is 5.97 Å². The number of nitrogens with zero attached hydrogens (tertiary/aromatic N) is 1. The second-order valence-corrected chi connectivity index (χ2v) is 5.14. The summed E-state index contributed by atoms with van der Waals surface area (Å²) in [5, 5.41) is 12.0. The molecule has 20 heavy (non-hydrogen) atoms. The molecule has 1 heterocycles. The molecule has 2 aliphatic rings. The molecule has 1 aromatic carbocycles. The number of anilines is 1. The minimum absolute atomic E-state index is 0.0967. The van der Waals surface area contributed by atoms with E-state index in [1.165, 1.54) is 0 Å². The van der Waals surface area contributed by atoms with Crippen molar-refractivity contribution in [2.24, 2.45) is 0 Å². The van der Waals surface area contributed by atoms with Crippen LogP contribution in [0.4, 0.5) is 10.5 Å². The fourth-order valence-corrected chi connectivity index (χ4v) is 2.73. The van der Waals surface area contributed by atoms with E-state index in [1.54, 1.807) is 23.1 Å². The zero-order valence-electron chi connectivity index (χ0n) is 11.0. The normalized spacial score (nSPS) is 17.3. The summed E-state index contributed by atoms with van der Waals surface area (Å²) in [7, 11) is 0. The highest BCUT2D eigenvalue weighted by atomic mass is 16.4. The third kappa shape index (κ3) is 2.27. The largest absolute Gasteiger partial charge is 0.478 e. The van der Waals surface area contributed by atoms with E-state index in [-0.39, 0.29) is 17.6 Å². The first-order valence-corrected chi connectivity index (χ1v) is 6.74. The van der Waals surface area contributed by atoms with Gasteiger partial charge < -0.3 is 10.4 Å². The summed E-state index contributed by atoms with van der Waals surface area (Å²) < 4.78 is 0. The van der Waals surface area contributed by atoms with E-state index in [1.807, 2.05) is 0 Å². The lowest BCUT2D eigenvalue weighted by atomic mass is 10.1. The van der Waals surface area contributed by atoms with Gasteiger partial charge in [-0.05, 0) is 43.0 Å². The number of carboxylic acids is 1. The van der Waals surface area contributed by atoms with Crippen molar-refractivity contribution >= 4 is 17.7 Å². The van der Waals surface area contributed by atoms with Crippen molar-refractivity contribution in [3.05, 3.63) is 41.5 Å². The van der Waals surface area contributed by atoms with E-state index in [9.17, 15) is 9.59 Å². The van der Waals surface area contributed by atoms with Gasteiger partial charge in [-0.25, -0.2) is 9.59 Å². The average molecular weight is 272 g/mol. The highest BCUT2D eigenvalue weighted by Crippen LogP contribution is 2.29. The zero-order valence-corrected chi connectivity index (χ0v) is 11.0. The molecule has 0 saturated carbocycles. The molecule has 0 bridgehead atoms. The third-order valence-electron chi connectivity index (χ3n) is 3.80. The van der Waals surface area contributed by atoms with E-state index in [2.05, 4.69) is 17.5 Å². The van der Waals surface area contributed by atoms with Gasteiger partial charge in [-0.3, -0.25) is 4.90 Å². The minimum Gasteiger partial charge on any atom is -0.478 e. The molecular formula is C15H16N2O3. The van der Waals surface area contributed by atoms with Crippen molar-refractivity contribution in [2.45, 2.75) is 25.3 Å². The molecule has 0 aromatic heterocycles. The van der Waals surface area contributed by atoms with Crippen LogP contribution in [-0.4, -0.2) is 29.7 Å². The van der Waals surface area contributed by atoms with Crippen LogP contribution >= 0.6 is 0 Å². The predicted octanol–water partition coefficient (Wildman–Crippen LogP) is 2.18. The summed E-state index contributed by atoms with van der Waals surface area (Å²) in [6.07, 6.45) is 6.60. The zero-order chi connectivity index (χ0) is 14.1. The topological polar surface area (TPSA) is 69.6 Å². The van der Waals surface area contributed by atoms with Crippen LogP contribution in [-0.2, 0) is 6.42 Å². The Hall–Kier alpha value is -2.30. The van der Waals surface area contributed by atoms with Crippen LogP contribution in [0.15, 0.2) is 30.4 Å². The number of nitrogens with one attached hydrogen (secondary N) is 1. The van der Waals surface area contributed by atoms with Crippen molar-refractivity contribution in [3.8, 4) is 0 Å². The quantitative estimate of drug-likeness (QED) is 0.811. The summed E-state index contributed by atoms with van der Waals surface area (Å²) >= 11 is 0. The first-order chi connectivity index (χ1) is 9.65. The first kappa shape index (κ1) is 12.7. The molecule has 0 radical (unpaired) electrons. The van der Waals surface area contributed by atoms with Gasteiger partial charge in [0.2, 0.25) is 0 Å². The molecule has 5 nitrogen and oxygen atoms in total. The number of rotatable bonds is 2. The predicted molar refractivity (Wildman–Crippen MR) is 75.1 cm³/mol. The lowest BCUT2D eigenvalue weighted by Crippen LogP contribution is -2.43. The van der Waals surface area contributed by atoms with Crippen LogP contribution in [0, 0.1) is 0 Å². The third-order valence-corrected chi connectivity index (χ3v) is 3.80. The number of fused-ring (bicyclic) bond motifs is 1. The Bertz CT molecular complexity index is 587. The molecule has 0 atom stereocenters. The Labute approximate surface area is 116 Å². The van der Waals surface area contributed by atoms with Gasteiger partial charge >= 0.3 is 12.0 Å². The van der Waals surface area contributed by atoms with Crippen molar-refractivity contribution in [1.29, 1.82) is 0 Å². The van der Waals surface area contributed by atoms with Gasteiger partial charge in [-0.15, -0.1) is 0 Å². The molecule has 1 aliphatic heterocycles. The fraction of sp³-hybridized carbons (Fsp3) is 0.333. The van der Waals surface area contributed by atoms with Gasteiger partial charge in [0.25, 0.3) is 0 Å². The van der Waals surface area contributed by atoms with Crippen molar-refractivity contribution in [2.75, 3.05) is 11.4 Å². The van der Waals surface area contributed by atoms with Crippen LogP contribution in [0.3, 0.4) is 0 Å². The Kier molecular flexibility index (Phi) is 3.18. The number of hydrogen-bond donors (Lipinski definition) is 2. The molecule has 0 fully saturated rings. The van der Waals surface area contributed by atoms with Gasteiger partial charge in [0, 0.05) is 18.3 Å². The lowest BCUT2D eigenvalue weighted by Gasteiger charge is -2.21. The molecular weight excluding hydrogens is 256 g/mol. The Morgan fingerprint density at radius 2 is 2.00 bits per heavy atom. The van der Waals surface area contributed by atoms with E-state index >= 15 is 0 Å². The van der Waals surface area contributed by atoms with Crippen LogP contribution in [0.5, 0.6) is 0 Å². The number of hydrogen-bond acceptors (Lipinski definition) is 2. The maximum atomic E-state index is 12.3. The van der Waals surface area contributed by atoms with Crippen molar-refractivity contribution in [1.82, 2.24) is 5.32 Å².